The summed E-state index contributed by atoms with van der Waals surface area (Å²) in [6, 6.07) is 0. The van der Waals surface area contributed by atoms with Gasteiger partial charge in [-0.3, -0.25) is 4.79 Å². The fourth-order valence-corrected chi connectivity index (χ4v) is 9.35. The summed E-state index contributed by atoms with van der Waals surface area (Å²) in [6.07, 6.45) is 2.81. The van der Waals surface area contributed by atoms with E-state index < -0.39 is 46.6 Å². The van der Waals surface area contributed by atoms with Gasteiger partial charge in [0.15, 0.2) is 5.78 Å². The van der Waals surface area contributed by atoms with Gasteiger partial charge >= 0.3 is 0 Å². The number of ketones is 1. The number of fused-ring (bicyclic) bond motifs is 3. The van der Waals surface area contributed by atoms with Gasteiger partial charge in [0.25, 0.3) is 0 Å². The molecule has 3 saturated carbocycles. The maximum Gasteiger partial charge on any atom is 0.249 e. The van der Waals surface area contributed by atoms with Crippen LogP contribution in [0.4, 0.5) is 0 Å². The zero-order chi connectivity index (χ0) is 21.4. The van der Waals surface area contributed by atoms with Crippen LogP contribution in [-0.4, -0.2) is 44.1 Å². The molecule has 1 aromatic rings. The smallest absolute Gasteiger partial charge is 0.249 e. The molecule has 1 aromatic heterocycles. The molecule has 6 aliphatic rings. The topological polar surface area (TPSA) is 99.9 Å². The quantitative estimate of drug-likeness (QED) is 0.546. The maximum absolute atomic E-state index is 13.7. The predicted octanol–water partition coefficient (Wildman–Crippen LogP) is 2.01. The van der Waals surface area contributed by atoms with Crippen LogP contribution in [0, 0.1) is 35.5 Å². The van der Waals surface area contributed by atoms with Gasteiger partial charge in [0.2, 0.25) is 5.79 Å². The van der Waals surface area contributed by atoms with Gasteiger partial charge in [0, 0.05) is 22.1 Å². The fourth-order valence-electron chi connectivity index (χ4n) is 8.09. The van der Waals surface area contributed by atoms with Gasteiger partial charge in [-0.1, -0.05) is 20.4 Å². The lowest BCUT2D eigenvalue weighted by Gasteiger charge is -2.66. The van der Waals surface area contributed by atoms with Crippen molar-refractivity contribution in [2.75, 3.05) is 0 Å². The first-order chi connectivity index (χ1) is 14.0. The Labute approximate surface area is 179 Å². The van der Waals surface area contributed by atoms with E-state index in [0.717, 1.165) is 22.0 Å². The van der Waals surface area contributed by atoms with E-state index in [2.05, 4.69) is 20.4 Å². The summed E-state index contributed by atoms with van der Waals surface area (Å²) in [5.41, 5.74) is -1.64. The molecule has 3 heterocycles. The summed E-state index contributed by atoms with van der Waals surface area (Å²) < 4.78 is 5.85. The molecule has 0 aromatic carbocycles. The molecule has 2 spiro atoms. The van der Waals surface area contributed by atoms with Crippen molar-refractivity contribution < 1.29 is 24.9 Å². The minimum atomic E-state index is -2.21. The van der Waals surface area contributed by atoms with Crippen molar-refractivity contribution in [1.29, 1.82) is 0 Å². The largest absolute Gasteiger partial charge is 0.466 e. The molecule has 8 atom stereocenters. The minimum Gasteiger partial charge on any atom is -0.466 e. The molecule has 7 rings (SSSR count). The Morgan fingerprint density at radius 2 is 2.00 bits per heavy atom. The Morgan fingerprint density at radius 1 is 1.27 bits per heavy atom. The van der Waals surface area contributed by atoms with Crippen LogP contribution >= 0.6 is 11.3 Å². The van der Waals surface area contributed by atoms with Crippen LogP contribution in [-0.2, 0) is 21.4 Å². The van der Waals surface area contributed by atoms with Crippen LogP contribution in [0.3, 0.4) is 0 Å². The lowest BCUT2D eigenvalue weighted by Crippen LogP contribution is -2.79. The van der Waals surface area contributed by atoms with Crippen LogP contribution in [0.5, 0.6) is 0 Å². The predicted molar refractivity (Wildman–Crippen MR) is 109 cm³/mol. The molecule has 2 aliphatic heterocycles. The highest BCUT2D eigenvalue weighted by Crippen LogP contribution is 2.74. The molecule has 0 radical (unpaired) electrons. The number of carbonyl (C=O) groups excluding carboxylic acids is 1. The molecule has 7 heteroatoms. The molecular weight excluding hydrogens is 402 g/mol. The van der Waals surface area contributed by atoms with Gasteiger partial charge in [-0.05, 0) is 49.2 Å². The number of aliphatic hydroxyl groups is 3. The van der Waals surface area contributed by atoms with E-state index in [0.29, 0.717) is 18.4 Å². The van der Waals surface area contributed by atoms with Gasteiger partial charge < -0.3 is 20.1 Å². The number of carbonyl (C=O) groups is 1. The first kappa shape index (κ1) is 19.2. The molecule has 4 aliphatic carbocycles. The highest BCUT2D eigenvalue weighted by molar-refractivity contribution is 7.11. The van der Waals surface area contributed by atoms with E-state index in [9.17, 15) is 20.1 Å². The first-order valence-corrected chi connectivity index (χ1v) is 11.5. The van der Waals surface area contributed by atoms with E-state index in [1.165, 1.54) is 6.26 Å². The Bertz CT molecular complexity index is 1040. The second kappa shape index (κ2) is 5.26. The zero-order valence-corrected chi connectivity index (χ0v) is 18.2. The van der Waals surface area contributed by atoms with Crippen LogP contribution in [0.2, 0.25) is 0 Å². The SMILES string of the molecule is C=C1C(=O)[C@@]23C(CCC1[C@H]2O)[C@@]12C=CO[C@]3(O)[C@@H](O)C1C(C)(C)Cc1sc(C)nc12. The molecular formula is C23H27NO5S. The Kier molecular flexibility index (Phi) is 3.36. The summed E-state index contributed by atoms with van der Waals surface area (Å²) in [5.74, 6) is -3.87. The number of aliphatic hydroxyl groups excluding tert-OH is 2. The molecule has 160 valence electrons. The second-order valence-corrected chi connectivity index (χ2v) is 11.8. The number of ether oxygens (including phenoxy) is 1. The Balaban J connectivity index is 1.75. The second-order valence-electron chi connectivity index (χ2n) is 10.5. The summed E-state index contributed by atoms with van der Waals surface area (Å²) in [7, 11) is 0. The number of thiazole rings is 1. The van der Waals surface area contributed by atoms with E-state index in [4.69, 9.17) is 9.72 Å². The molecule has 4 bridgehead atoms. The van der Waals surface area contributed by atoms with E-state index >= 15 is 0 Å². The number of aryl methyl sites for hydroxylation is 1. The summed E-state index contributed by atoms with van der Waals surface area (Å²) in [4.78, 5) is 19.8. The summed E-state index contributed by atoms with van der Waals surface area (Å²) in [5, 5.41) is 36.1. The lowest BCUT2D eigenvalue weighted by molar-refractivity contribution is -0.359. The van der Waals surface area contributed by atoms with Crippen LogP contribution < -0.4 is 0 Å². The van der Waals surface area contributed by atoms with Gasteiger partial charge in [0.1, 0.15) is 11.5 Å². The Hall–Kier alpha value is -1.54. The van der Waals surface area contributed by atoms with Crippen molar-refractivity contribution in [2.45, 2.75) is 63.4 Å². The molecule has 30 heavy (non-hydrogen) atoms. The third-order valence-electron chi connectivity index (χ3n) is 8.94. The molecule has 3 unspecified atom stereocenters. The van der Waals surface area contributed by atoms with Gasteiger partial charge in [-0.25, -0.2) is 4.98 Å². The monoisotopic (exact) mass is 429 g/mol. The lowest BCUT2D eigenvalue weighted by atomic mass is 9.38. The highest BCUT2D eigenvalue weighted by atomic mass is 32.1. The third-order valence-corrected chi connectivity index (χ3v) is 9.91. The molecule has 3 N–H and O–H groups in total. The van der Waals surface area contributed by atoms with Crippen molar-refractivity contribution in [1.82, 2.24) is 4.98 Å². The molecule has 0 amide bonds. The van der Waals surface area contributed by atoms with Crippen molar-refractivity contribution in [2.24, 2.45) is 28.6 Å². The third kappa shape index (κ3) is 1.67. The summed E-state index contributed by atoms with van der Waals surface area (Å²) >= 11 is 1.65. The van der Waals surface area contributed by atoms with Crippen molar-refractivity contribution in [3.05, 3.63) is 40.1 Å². The van der Waals surface area contributed by atoms with Crippen molar-refractivity contribution in [3.8, 4) is 0 Å². The average molecular weight is 430 g/mol. The van der Waals surface area contributed by atoms with E-state index in [1.54, 1.807) is 11.3 Å². The number of rotatable bonds is 0. The van der Waals surface area contributed by atoms with Crippen molar-refractivity contribution in [3.63, 3.8) is 0 Å². The van der Waals surface area contributed by atoms with E-state index in [1.807, 2.05) is 13.0 Å². The standard InChI is InChI=1S/C23H27NO5S/c1-10-12-5-6-14-21-7-8-29-23(28,22(14,17(10)25)18(12)26)19(27)15(21)20(3,4)9-13-16(21)24-11(2)30-13/h7-8,12,14-15,18-19,26-28H,1,5-6,9H2,2-4H3/t12?,14?,15?,18-,19+,21+,22+,23-/m1/s1. The number of allylic oxidation sites excluding steroid dienone is 1. The van der Waals surface area contributed by atoms with Crippen LogP contribution in [0.15, 0.2) is 24.5 Å². The Morgan fingerprint density at radius 3 is 2.73 bits per heavy atom. The maximum atomic E-state index is 13.7. The molecule has 6 nitrogen and oxygen atoms in total. The number of nitrogens with zero attached hydrogens (tertiary/aromatic N) is 1. The number of hydrogen-bond acceptors (Lipinski definition) is 7. The highest BCUT2D eigenvalue weighted by Gasteiger charge is 2.85. The minimum absolute atomic E-state index is 0.333. The van der Waals surface area contributed by atoms with Gasteiger partial charge in [-0.2, -0.15) is 0 Å². The van der Waals surface area contributed by atoms with Crippen LogP contribution in [0.25, 0.3) is 0 Å². The molecule has 0 saturated heterocycles. The van der Waals surface area contributed by atoms with Gasteiger partial charge in [0.05, 0.1) is 23.1 Å². The van der Waals surface area contributed by atoms with Crippen LogP contribution in [0.1, 0.15) is 42.3 Å². The molecule has 3 fully saturated rings. The number of hydrogen-bond donors (Lipinski definition) is 3. The van der Waals surface area contributed by atoms with E-state index in [-0.39, 0.29) is 11.2 Å². The first-order valence-electron chi connectivity index (χ1n) is 10.7. The van der Waals surface area contributed by atoms with Crippen molar-refractivity contribution >= 4 is 17.1 Å². The fraction of sp³-hybridized carbons (Fsp3) is 0.652. The number of Topliss-reactive ketones (excluding diaryl/α,β-unsaturated/α-hetero) is 1. The van der Waals surface area contributed by atoms with Gasteiger partial charge in [-0.15, -0.1) is 11.3 Å². The summed E-state index contributed by atoms with van der Waals surface area (Å²) in [6.45, 7) is 10.1. The zero-order valence-electron chi connectivity index (χ0n) is 17.4. The average Bonchev–Trinajstić information content (AvgIpc) is 2.96. The number of aromatic nitrogens is 1. The normalized spacial score (nSPS) is 49.9.